The average molecular weight is 477 g/mol. The van der Waals surface area contributed by atoms with E-state index in [1.165, 1.54) is 6.08 Å². The zero-order valence-corrected chi connectivity index (χ0v) is 19.1. The van der Waals surface area contributed by atoms with E-state index in [1.807, 2.05) is 18.2 Å². The molecule has 1 aromatic rings. The maximum atomic E-state index is 12.6. The van der Waals surface area contributed by atoms with Gasteiger partial charge in [0.05, 0.1) is 17.3 Å². The number of amides is 1. The van der Waals surface area contributed by atoms with Crippen LogP contribution in [0, 0.1) is 0 Å². The molecule has 0 aromatic heterocycles. The van der Waals surface area contributed by atoms with Gasteiger partial charge in [0.2, 0.25) is 0 Å². The Bertz CT molecular complexity index is 951. The minimum absolute atomic E-state index is 0.0740. The van der Waals surface area contributed by atoms with Gasteiger partial charge in [-0.25, -0.2) is 4.79 Å². The number of phenolic OH excluding ortho intramolecular Hbond substituents is 2. The quantitative estimate of drug-likeness (QED) is 0.341. The third-order valence-corrected chi connectivity index (χ3v) is 5.74. The number of rotatable bonds is 4. The Kier molecular flexibility index (Phi) is 9.21. The molecule has 1 saturated heterocycles. The number of nitrogens with zero attached hydrogens (tertiary/aromatic N) is 1. The van der Waals surface area contributed by atoms with E-state index >= 15 is 0 Å². The van der Waals surface area contributed by atoms with Gasteiger partial charge in [-0.2, -0.15) is 0 Å². The van der Waals surface area contributed by atoms with E-state index in [9.17, 15) is 19.8 Å². The molecule has 3 rings (SSSR count). The molecule has 178 valence electrons. The normalized spacial score (nSPS) is 20.1. The predicted octanol–water partition coefficient (Wildman–Crippen LogP) is 4.08. The number of fused-ring (bicyclic) bond motifs is 1. The summed E-state index contributed by atoms with van der Waals surface area (Å²) in [4.78, 5) is 32.2. The molecule has 8 nitrogen and oxygen atoms in total. The second-order valence-electron chi connectivity index (χ2n) is 7.83. The van der Waals surface area contributed by atoms with Crippen LogP contribution in [0.4, 0.5) is 0 Å². The van der Waals surface area contributed by atoms with Gasteiger partial charge in [0, 0.05) is 24.7 Å². The van der Waals surface area contributed by atoms with E-state index in [-0.39, 0.29) is 41.0 Å². The maximum Gasteiger partial charge on any atom is 0.342 e. The summed E-state index contributed by atoms with van der Waals surface area (Å²) in [6, 6.07) is 0.996. The molecule has 33 heavy (non-hydrogen) atoms. The Morgan fingerprint density at radius 2 is 1.82 bits per heavy atom. The van der Waals surface area contributed by atoms with Gasteiger partial charge in [0.1, 0.15) is 17.1 Å². The molecule has 2 aliphatic heterocycles. The number of likely N-dealkylation sites (tertiary alicyclic amines) is 1. The molecule has 2 heterocycles. The number of phenols is 2. The van der Waals surface area contributed by atoms with Crippen molar-refractivity contribution in [1.82, 2.24) is 10.4 Å². The fraction of sp³-hybridized carbons (Fsp3) is 0.417. The van der Waals surface area contributed by atoms with Gasteiger partial charge in [0.15, 0.2) is 6.61 Å². The van der Waals surface area contributed by atoms with Crippen molar-refractivity contribution >= 4 is 29.6 Å². The summed E-state index contributed by atoms with van der Waals surface area (Å²) in [5.41, 5.74) is 3.01. The number of hydrogen-bond donors (Lipinski definition) is 3. The molecule has 0 bridgehead atoms. The molecular formula is C24H29ClN2O6. The minimum atomic E-state index is -0.768. The highest BCUT2D eigenvalue weighted by Gasteiger charge is 2.23. The van der Waals surface area contributed by atoms with Crippen molar-refractivity contribution < 1.29 is 29.4 Å². The fourth-order valence-electron chi connectivity index (χ4n) is 3.61. The van der Waals surface area contributed by atoms with Crippen LogP contribution in [0.5, 0.6) is 11.5 Å². The third-order valence-electron chi connectivity index (χ3n) is 5.34. The molecule has 1 fully saturated rings. The Morgan fingerprint density at radius 3 is 2.61 bits per heavy atom. The summed E-state index contributed by atoms with van der Waals surface area (Å²) in [5.74, 6) is -1.73. The number of piperidine rings is 1. The summed E-state index contributed by atoms with van der Waals surface area (Å²) < 4.78 is 5.26. The summed E-state index contributed by atoms with van der Waals surface area (Å²) >= 11 is 6.27. The van der Waals surface area contributed by atoms with Crippen molar-refractivity contribution in [1.29, 1.82) is 0 Å². The lowest BCUT2D eigenvalue weighted by Gasteiger charge is -2.26. The van der Waals surface area contributed by atoms with Crippen molar-refractivity contribution in [3.63, 3.8) is 0 Å². The maximum absolute atomic E-state index is 12.6. The molecular weight excluding hydrogens is 448 g/mol. The first-order valence-corrected chi connectivity index (χ1v) is 11.5. The Morgan fingerprint density at radius 1 is 1.09 bits per heavy atom. The number of aromatic hydroxyl groups is 2. The zero-order valence-electron chi connectivity index (χ0n) is 18.4. The lowest BCUT2D eigenvalue weighted by Crippen LogP contribution is -2.39. The van der Waals surface area contributed by atoms with Crippen molar-refractivity contribution in [2.24, 2.45) is 0 Å². The highest BCUT2D eigenvalue weighted by molar-refractivity contribution is 6.34. The largest absolute Gasteiger partial charge is 0.507 e. The molecule has 0 atom stereocenters. The van der Waals surface area contributed by atoms with Gasteiger partial charge < -0.3 is 19.8 Å². The lowest BCUT2D eigenvalue weighted by molar-refractivity contribution is -0.139. The number of allylic oxidation sites excluding steroid dienone is 3. The number of nitrogens with one attached hydrogen (secondary N) is 1. The standard InChI is InChI=1S/C24H29ClN2O6/c25-23-18-14-17(26-33-16-21(30)27-11-7-5-8-12-27)10-6-3-1-2-4-9-13-32-24(31)22(18)19(28)15-20(23)29/h2,4,6,10,14-15,26,28-29H,1,3,5,7-9,11-13,16H2/b4-2?,10-6+,17-14-. The molecule has 1 aromatic carbocycles. The van der Waals surface area contributed by atoms with Crippen LogP contribution in [0.2, 0.25) is 5.02 Å². The van der Waals surface area contributed by atoms with E-state index in [2.05, 4.69) is 5.48 Å². The first-order chi connectivity index (χ1) is 16.0. The SMILES string of the molecule is O=C1OCCC=CCC/C=C/C(NOCC(=O)N2CCCCC2)=C/c2c(Cl)c(O)cc(O)c21. The van der Waals surface area contributed by atoms with E-state index in [0.717, 1.165) is 51.3 Å². The second kappa shape index (κ2) is 12.3. The Balaban J connectivity index is 1.86. The molecule has 0 radical (unpaired) electrons. The van der Waals surface area contributed by atoms with Crippen LogP contribution in [0.25, 0.3) is 6.08 Å². The summed E-state index contributed by atoms with van der Waals surface area (Å²) in [5, 5.41) is 20.3. The molecule has 0 aliphatic carbocycles. The van der Waals surface area contributed by atoms with Gasteiger partial charge in [-0.1, -0.05) is 29.8 Å². The van der Waals surface area contributed by atoms with Crippen molar-refractivity contribution in [3.8, 4) is 11.5 Å². The van der Waals surface area contributed by atoms with Crippen molar-refractivity contribution in [3.05, 3.63) is 52.2 Å². The highest BCUT2D eigenvalue weighted by Crippen LogP contribution is 2.38. The van der Waals surface area contributed by atoms with Crippen LogP contribution in [0.3, 0.4) is 0 Å². The van der Waals surface area contributed by atoms with Crippen LogP contribution in [0.15, 0.2) is 36.1 Å². The molecule has 0 saturated carbocycles. The number of carbonyl (C=O) groups excluding carboxylic acids is 2. The molecule has 1 amide bonds. The summed E-state index contributed by atoms with van der Waals surface area (Å²) in [6.45, 7) is 1.42. The lowest BCUT2D eigenvalue weighted by atomic mass is 10.0. The first kappa shape index (κ1) is 24.7. The van der Waals surface area contributed by atoms with Gasteiger partial charge in [-0.05, 0) is 50.7 Å². The van der Waals surface area contributed by atoms with Crippen molar-refractivity contribution in [2.45, 2.75) is 38.5 Å². The topological polar surface area (TPSA) is 108 Å². The summed E-state index contributed by atoms with van der Waals surface area (Å²) in [7, 11) is 0. The number of cyclic esters (lactones) is 1. The van der Waals surface area contributed by atoms with Gasteiger partial charge in [0.25, 0.3) is 5.91 Å². The van der Waals surface area contributed by atoms with Crippen LogP contribution >= 0.6 is 11.6 Å². The first-order valence-electron chi connectivity index (χ1n) is 11.1. The van der Waals surface area contributed by atoms with Gasteiger partial charge in [-0.15, -0.1) is 0 Å². The second-order valence-corrected chi connectivity index (χ2v) is 8.20. The number of ether oxygens (including phenoxy) is 1. The third kappa shape index (κ3) is 7.00. The average Bonchev–Trinajstić information content (AvgIpc) is 2.80. The van der Waals surface area contributed by atoms with E-state index in [0.29, 0.717) is 12.1 Å². The number of esters is 1. The van der Waals surface area contributed by atoms with Crippen molar-refractivity contribution in [2.75, 3.05) is 26.3 Å². The molecule has 0 spiro atoms. The molecule has 0 unspecified atom stereocenters. The fourth-order valence-corrected chi connectivity index (χ4v) is 3.82. The Hall–Kier alpha value is -2.97. The van der Waals surface area contributed by atoms with Gasteiger partial charge >= 0.3 is 5.97 Å². The monoisotopic (exact) mass is 476 g/mol. The molecule has 3 N–H and O–H groups in total. The summed E-state index contributed by atoms with van der Waals surface area (Å²) in [6.07, 6.45) is 14.2. The zero-order chi connectivity index (χ0) is 23.6. The Labute approximate surface area is 198 Å². The van der Waals surface area contributed by atoms with Crippen LogP contribution < -0.4 is 5.48 Å². The van der Waals surface area contributed by atoms with Gasteiger partial charge in [-0.3, -0.25) is 15.1 Å². The predicted molar refractivity (Wildman–Crippen MR) is 125 cm³/mol. The minimum Gasteiger partial charge on any atom is -0.507 e. The van der Waals surface area contributed by atoms with E-state index in [4.69, 9.17) is 21.2 Å². The highest BCUT2D eigenvalue weighted by atomic mass is 35.5. The number of hydroxylamine groups is 1. The number of benzene rings is 1. The van der Waals surface area contributed by atoms with E-state index in [1.54, 1.807) is 11.0 Å². The number of hydrogen-bond acceptors (Lipinski definition) is 7. The molecule has 2 aliphatic rings. The van der Waals surface area contributed by atoms with Crippen LogP contribution in [0.1, 0.15) is 54.4 Å². The number of carbonyl (C=O) groups is 2. The van der Waals surface area contributed by atoms with E-state index < -0.39 is 11.7 Å². The molecule has 9 heteroatoms. The number of halogens is 1. The van der Waals surface area contributed by atoms with Crippen LogP contribution in [-0.4, -0.2) is 53.3 Å². The smallest absolute Gasteiger partial charge is 0.342 e. The van der Waals surface area contributed by atoms with Crippen LogP contribution in [-0.2, 0) is 14.4 Å².